The average Bonchev–Trinajstić information content (AvgIpc) is 3.05. The Bertz CT molecular complexity index is 731. The van der Waals surface area contributed by atoms with E-state index < -0.39 is 12.1 Å². The Hall–Kier alpha value is -1.17. The zero-order chi connectivity index (χ0) is 21.8. The number of carbonyl (C=O) groups is 1. The summed E-state index contributed by atoms with van der Waals surface area (Å²) in [6.07, 6.45) is 11.3. The van der Waals surface area contributed by atoms with Gasteiger partial charge >= 0.3 is 5.97 Å². The van der Waals surface area contributed by atoms with E-state index in [0.717, 1.165) is 12.8 Å². The van der Waals surface area contributed by atoms with Crippen molar-refractivity contribution < 1.29 is 24.9 Å². The highest BCUT2D eigenvalue weighted by atomic mass is 16.5. The van der Waals surface area contributed by atoms with E-state index >= 15 is 0 Å². The highest BCUT2D eigenvalue weighted by Crippen LogP contribution is 2.65. The van der Waals surface area contributed by atoms with Gasteiger partial charge in [-0.05, 0) is 66.6 Å². The molecule has 0 saturated heterocycles. The zero-order valence-electron chi connectivity index (χ0n) is 18.7. The molecule has 0 spiro atoms. The summed E-state index contributed by atoms with van der Waals surface area (Å²) in [6, 6.07) is 0. The molecule has 0 aromatic rings. The van der Waals surface area contributed by atoms with E-state index in [2.05, 4.69) is 45.1 Å². The Kier molecular flexibility index (Phi) is 5.70. The lowest BCUT2D eigenvalue weighted by Gasteiger charge is -2.62. The van der Waals surface area contributed by atoms with Crippen LogP contribution in [0.1, 0.15) is 52.9 Å². The fraction of sp³-hybridized carbons (Fsp3) is 0.800. The minimum atomic E-state index is -0.769. The number of allylic oxidation sites excluding steroid dienone is 3. The highest BCUT2D eigenvalue weighted by molar-refractivity contribution is 5.66. The maximum atomic E-state index is 11.5. The van der Waals surface area contributed by atoms with Crippen LogP contribution in [0, 0.1) is 46.3 Å². The molecule has 3 N–H and O–H groups in total. The van der Waals surface area contributed by atoms with Crippen LogP contribution < -0.4 is 0 Å². The van der Waals surface area contributed by atoms with Gasteiger partial charge in [-0.25, -0.2) is 0 Å². The summed E-state index contributed by atoms with van der Waals surface area (Å²) in [4.78, 5) is 11.1. The number of carboxylic acids is 1. The first-order valence-corrected chi connectivity index (χ1v) is 11.6. The van der Waals surface area contributed by atoms with Crippen molar-refractivity contribution in [1.82, 2.24) is 0 Å². The van der Waals surface area contributed by atoms with Crippen molar-refractivity contribution in [2.45, 2.75) is 71.2 Å². The van der Waals surface area contributed by atoms with Crippen LogP contribution in [-0.2, 0) is 9.53 Å². The van der Waals surface area contributed by atoms with Gasteiger partial charge < -0.3 is 20.1 Å². The first kappa shape index (κ1) is 22.0. The molecule has 2 fully saturated rings. The number of hydrogen-bond acceptors (Lipinski definition) is 4. The summed E-state index contributed by atoms with van der Waals surface area (Å²) >= 11 is 0. The summed E-state index contributed by atoms with van der Waals surface area (Å²) < 4.78 is 5.57. The molecule has 5 heteroatoms. The Morgan fingerprint density at radius 2 is 1.90 bits per heavy atom. The van der Waals surface area contributed by atoms with E-state index in [1.807, 2.05) is 0 Å². The number of hydrogen-bond donors (Lipinski definition) is 3. The van der Waals surface area contributed by atoms with Crippen LogP contribution in [0.2, 0.25) is 0 Å². The summed E-state index contributed by atoms with van der Waals surface area (Å²) in [7, 11) is 1.74. The van der Waals surface area contributed by atoms with Gasteiger partial charge in [-0.2, -0.15) is 0 Å². The van der Waals surface area contributed by atoms with E-state index in [9.17, 15) is 15.0 Å². The molecule has 0 aromatic heterocycles. The molecule has 0 radical (unpaired) electrons. The van der Waals surface area contributed by atoms with Crippen molar-refractivity contribution in [1.29, 1.82) is 0 Å². The van der Waals surface area contributed by atoms with Crippen molar-refractivity contribution in [3.05, 3.63) is 24.3 Å². The molecular weight excluding hydrogens is 380 g/mol. The van der Waals surface area contributed by atoms with Crippen molar-refractivity contribution in [3.8, 4) is 0 Å². The van der Waals surface area contributed by atoms with Gasteiger partial charge in [0, 0.05) is 18.9 Å². The molecule has 11 unspecified atom stereocenters. The number of methoxy groups -OCH3 is 1. The second-order valence-electron chi connectivity index (χ2n) is 10.9. The molecule has 168 valence electrons. The van der Waals surface area contributed by atoms with E-state index in [4.69, 9.17) is 9.84 Å². The Balaban J connectivity index is 1.63. The molecule has 0 aromatic carbocycles. The van der Waals surface area contributed by atoms with Gasteiger partial charge in [-0.3, -0.25) is 4.79 Å². The van der Waals surface area contributed by atoms with Crippen LogP contribution in [0.4, 0.5) is 0 Å². The number of aliphatic hydroxyl groups excluding tert-OH is 2. The predicted molar refractivity (Wildman–Crippen MR) is 115 cm³/mol. The van der Waals surface area contributed by atoms with Gasteiger partial charge in [-0.1, -0.05) is 45.1 Å². The Morgan fingerprint density at radius 3 is 2.57 bits per heavy atom. The largest absolute Gasteiger partial charge is 0.481 e. The second-order valence-corrected chi connectivity index (χ2v) is 10.9. The third kappa shape index (κ3) is 3.20. The van der Waals surface area contributed by atoms with Gasteiger partial charge in [-0.15, -0.1) is 0 Å². The van der Waals surface area contributed by atoms with Gasteiger partial charge in [0.1, 0.15) is 0 Å². The van der Waals surface area contributed by atoms with E-state index in [-0.39, 0.29) is 59.0 Å². The third-order valence-electron chi connectivity index (χ3n) is 9.60. The topological polar surface area (TPSA) is 87.0 Å². The standard InChI is InChI=1S/C25H38O5/c1-14(5-8-22(28)29)17-6-7-18-23-19(13-21(27)25(17,18)3)24(2)10-9-16(30-4)11-15(24)12-20(23)26/h6-7,9-10,14-21,23,26-27H,5,8,11-13H2,1-4H3,(H,28,29). The summed E-state index contributed by atoms with van der Waals surface area (Å²) in [5, 5.41) is 31.9. The van der Waals surface area contributed by atoms with Crippen LogP contribution in [0.5, 0.6) is 0 Å². The summed E-state index contributed by atoms with van der Waals surface area (Å²) in [5.74, 6) is 0.369. The number of aliphatic hydroxyl groups is 2. The Morgan fingerprint density at radius 1 is 1.17 bits per heavy atom. The molecular formula is C25H38O5. The molecule has 4 aliphatic rings. The van der Waals surface area contributed by atoms with Crippen molar-refractivity contribution in [2.24, 2.45) is 46.3 Å². The number of carboxylic acid groups (broad SMARTS) is 1. The van der Waals surface area contributed by atoms with Gasteiger partial charge in [0.25, 0.3) is 0 Å². The van der Waals surface area contributed by atoms with Crippen molar-refractivity contribution >= 4 is 5.97 Å². The van der Waals surface area contributed by atoms with Crippen LogP contribution in [0.3, 0.4) is 0 Å². The van der Waals surface area contributed by atoms with Gasteiger partial charge in [0.2, 0.25) is 0 Å². The van der Waals surface area contributed by atoms with E-state index in [0.29, 0.717) is 18.8 Å². The number of ether oxygens (including phenoxy) is 1. The van der Waals surface area contributed by atoms with Crippen LogP contribution in [0.15, 0.2) is 24.3 Å². The summed E-state index contributed by atoms with van der Waals surface area (Å²) in [6.45, 7) is 6.58. The SMILES string of the molecule is COC1C=CC2(C)C(C1)CC(O)C1C2CC(O)C2(C)C(C(C)CCC(=O)O)C=CC12. The lowest BCUT2D eigenvalue weighted by atomic mass is 9.44. The van der Waals surface area contributed by atoms with Crippen LogP contribution in [-0.4, -0.2) is 46.7 Å². The fourth-order valence-electron chi connectivity index (χ4n) is 7.74. The molecule has 2 saturated carbocycles. The number of rotatable bonds is 5. The first-order valence-electron chi connectivity index (χ1n) is 11.6. The average molecular weight is 419 g/mol. The van der Waals surface area contributed by atoms with E-state index in [1.165, 1.54) is 0 Å². The lowest BCUT2D eigenvalue weighted by molar-refractivity contribution is -0.182. The van der Waals surface area contributed by atoms with Crippen LogP contribution in [0.25, 0.3) is 0 Å². The number of aliphatic carboxylic acids is 1. The smallest absolute Gasteiger partial charge is 0.303 e. The van der Waals surface area contributed by atoms with Gasteiger partial charge in [0.05, 0.1) is 18.3 Å². The number of fused-ring (bicyclic) bond motifs is 5. The molecule has 0 aliphatic heterocycles. The monoisotopic (exact) mass is 418 g/mol. The molecule has 30 heavy (non-hydrogen) atoms. The molecule has 0 amide bonds. The quantitative estimate of drug-likeness (QED) is 0.593. The molecule has 5 nitrogen and oxygen atoms in total. The van der Waals surface area contributed by atoms with Crippen LogP contribution >= 0.6 is 0 Å². The molecule has 4 aliphatic carbocycles. The molecule has 11 atom stereocenters. The minimum absolute atomic E-state index is 0.0396. The second kappa shape index (κ2) is 7.75. The Labute approximate surface area is 180 Å². The van der Waals surface area contributed by atoms with Gasteiger partial charge in [0.15, 0.2) is 0 Å². The zero-order valence-corrected chi connectivity index (χ0v) is 18.7. The lowest BCUT2D eigenvalue weighted by Crippen LogP contribution is -2.61. The highest BCUT2D eigenvalue weighted by Gasteiger charge is 2.64. The first-order chi connectivity index (χ1) is 14.1. The van der Waals surface area contributed by atoms with Crippen molar-refractivity contribution in [2.75, 3.05) is 7.11 Å². The fourth-order valence-corrected chi connectivity index (χ4v) is 7.74. The molecule has 0 heterocycles. The van der Waals surface area contributed by atoms with Crippen molar-refractivity contribution in [3.63, 3.8) is 0 Å². The maximum Gasteiger partial charge on any atom is 0.303 e. The normalized spacial score (nSPS) is 50.5. The summed E-state index contributed by atoms with van der Waals surface area (Å²) in [5.41, 5.74) is -0.390. The third-order valence-corrected chi connectivity index (χ3v) is 9.60. The maximum absolute atomic E-state index is 11.5. The minimum Gasteiger partial charge on any atom is -0.481 e. The molecule has 0 bridgehead atoms. The van der Waals surface area contributed by atoms with E-state index in [1.54, 1.807) is 7.11 Å². The molecule has 4 rings (SSSR count). The predicted octanol–water partition coefficient (Wildman–Crippen LogP) is 3.65.